The van der Waals surface area contributed by atoms with Crippen LogP contribution in [0.2, 0.25) is 10.0 Å². The van der Waals surface area contributed by atoms with Crippen molar-refractivity contribution in [2.75, 3.05) is 0 Å². The van der Waals surface area contributed by atoms with E-state index in [2.05, 4.69) is 14.8 Å². The first-order valence-corrected chi connectivity index (χ1v) is 5.83. The monoisotopic (exact) mass is 327 g/mol. The first-order chi connectivity index (χ1) is 9.31. The van der Waals surface area contributed by atoms with Gasteiger partial charge in [-0.3, -0.25) is 4.79 Å². The molecule has 0 radical (unpaired) electrons. The van der Waals surface area contributed by atoms with Gasteiger partial charge in [-0.25, -0.2) is 9.07 Å². The zero-order chi connectivity index (χ0) is 15.0. The van der Waals surface area contributed by atoms with Crippen LogP contribution in [0.25, 0.3) is 11.4 Å². The standard InChI is InChI=1S/C10H6Cl2F3N3O2/c1-18-9(20-10(14)15)5(12)7(17-18)6-4(13)2-3(11)8(19)16-6/h2,10H,1H3,(H,16,19). The van der Waals surface area contributed by atoms with Gasteiger partial charge in [0.2, 0.25) is 5.88 Å². The highest BCUT2D eigenvalue weighted by Crippen LogP contribution is 2.35. The minimum Gasteiger partial charge on any atom is -0.416 e. The van der Waals surface area contributed by atoms with Crippen molar-refractivity contribution >= 4 is 23.2 Å². The molecular weight excluding hydrogens is 322 g/mol. The molecule has 1 N–H and O–H groups in total. The fourth-order valence-corrected chi connectivity index (χ4v) is 1.95. The number of halogens is 5. The summed E-state index contributed by atoms with van der Waals surface area (Å²) in [6.45, 7) is -3.12. The van der Waals surface area contributed by atoms with E-state index in [0.717, 1.165) is 10.7 Å². The maximum atomic E-state index is 13.7. The Morgan fingerprint density at radius 2 is 2.10 bits per heavy atom. The van der Waals surface area contributed by atoms with Crippen molar-refractivity contribution in [2.45, 2.75) is 6.61 Å². The molecule has 0 saturated carbocycles. The maximum absolute atomic E-state index is 13.7. The number of alkyl halides is 2. The molecule has 0 aliphatic heterocycles. The Balaban J connectivity index is 2.60. The summed E-state index contributed by atoms with van der Waals surface area (Å²) in [5.74, 6) is -1.36. The number of ether oxygens (including phenoxy) is 1. The van der Waals surface area contributed by atoms with Gasteiger partial charge in [0, 0.05) is 13.1 Å². The van der Waals surface area contributed by atoms with Gasteiger partial charge in [0.1, 0.15) is 21.4 Å². The number of hydrogen-bond donors (Lipinski definition) is 1. The molecular formula is C10H6Cl2F3N3O2. The van der Waals surface area contributed by atoms with E-state index < -0.39 is 23.9 Å². The number of aromatic amines is 1. The van der Waals surface area contributed by atoms with E-state index in [4.69, 9.17) is 23.2 Å². The molecule has 5 nitrogen and oxygen atoms in total. The number of aryl methyl sites for hydroxylation is 1. The molecule has 0 bridgehead atoms. The lowest BCUT2D eigenvalue weighted by atomic mass is 10.2. The molecule has 0 spiro atoms. The third-order valence-corrected chi connectivity index (χ3v) is 2.95. The summed E-state index contributed by atoms with van der Waals surface area (Å²) in [7, 11) is 1.28. The summed E-state index contributed by atoms with van der Waals surface area (Å²) in [6.07, 6.45) is 0. The zero-order valence-electron chi connectivity index (χ0n) is 9.76. The van der Waals surface area contributed by atoms with Crippen LogP contribution in [0.5, 0.6) is 5.88 Å². The second-order valence-electron chi connectivity index (χ2n) is 3.64. The summed E-state index contributed by atoms with van der Waals surface area (Å²) in [5, 5.41) is 3.02. The molecule has 20 heavy (non-hydrogen) atoms. The Morgan fingerprint density at radius 3 is 2.70 bits per heavy atom. The number of nitrogens with one attached hydrogen (secondary N) is 1. The maximum Gasteiger partial charge on any atom is 0.388 e. The van der Waals surface area contributed by atoms with Gasteiger partial charge in [0.05, 0.1) is 0 Å². The van der Waals surface area contributed by atoms with Gasteiger partial charge in [0.25, 0.3) is 5.56 Å². The highest BCUT2D eigenvalue weighted by atomic mass is 35.5. The molecule has 0 saturated heterocycles. The summed E-state index contributed by atoms with van der Waals surface area (Å²) in [5.41, 5.74) is -1.37. The zero-order valence-corrected chi connectivity index (χ0v) is 11.3. The van der Waals surface area contributed by atoms with Crippen LogP contribution >= 0.6 is 23.2 Å². The molecule has 2 rings (SSSR count). The Morgan fingerprint density at radius 1 is 1.45 bits per heavy atom. The Kier molecular flexibility index (Phi) is 3.96. The van der Waals surface area contributed by atoms with Crippen molar-refractivity contribution in [2.24, 2.45) is 7.05 Å². The molecule has 0 atom stereocenters. The minimum atomic E-state index is -3.12. The number of aromatic nitrogens is 3. The molecule has 2 aromatic rings. The van der Waals surface area contributed by atoms with Crippen molar-refractivity contribution < 1.29 is 17.9 Å². The number of H-pyrrole nitrogens is 1. The Labute approximate surface area is 119 Å². The lowest BCUT2D eigenvalue weighted by Gasteiger charge is -2.03. The van der Waals surface area contributed by atoms with E-state index in [9.17, 15) is 18.0 Å². The fraction of sp³-hybridized carbons (Fsp3) is 0.200. The van der Waals surface area contributed by atoms with E-state index >= 15 is 0 Å². The Hall–Kier alpha value is -1.67. The van der Waals surface area contributed by atoms with Gasteiger partial charge < -0.3 is 9.72 Å². The lowest BCUT2D eigenvalue weighted by molar-refractivity contribution is -0.0552. The predicted molar refractivity (Wildman–Crippen MR) is 65.9 cm³/mol. The average Bonchev–Trinajstić information content (AvgIpc) is 2.61. The van der Waals surface area contributed by atoms with Crippen molar-refractivity contribution in [3.05, 3.63) is 32.3 Å². The van der Waals surface area contributed by atoms with E-state index in [-0.39, 0.29) is 21.4 Å². The number of nitrogens with zero attached hydrogens (tertiary/aromatic N) is 2. The fourth-order valence-electron chi connectivity index (χ4n) is 1.51. The number of hydrogen-bond acceptors (Lipinski definition) is 3. The van der Waals surface area contributed by atoms with Crippen molar-refractivity contribution in [1.82, 2.24) is 14.8 Å². The molecule has 0 aliphatic rings. The van der Waals surface area contributed by atoms with Gasteiger partial charge in [-0.2, -0.15) is 13.9 Å². The number of rotatable bonds is 3. The first kappa shape index (κ1) is 14.7. The number of pyridine rings is 1. The summed E-state index contributed by atoms with van der Waals surface area (Å²) < 4.78 is 43.2. The Bertz CT molecular complexity index is 715. The van der Waals surface area contributed by atoms with Crippen molar-refractivity contribution in [3.63, 3.8) is 0 Å². The molecule has 0 fully saturated rings. The van der Waals surface area contributed by atoms with Crippen LogP contribution in [0.15, 0.2) is 10.9 Å². The molecule has 2 aromatic heterocycles. The topological polar surface area (TPSA) is 59.9 Å². The van der Waals surface area contributed by atoms with Gasteiger partial charge in [-0.05, 0) is 0 Å². The van der Waals surface area contributed by atoms with E-state index in [1.165, 1.54) is 7.05 Å². The van der Waals surface area contributed by atoms with Crippen LogP contribution < -0.4 is 10.3 Å². The van der Waals surface area contributed by atoms with E-state index in [0.29, 0.717) is 0 Å². The second kappa shape index (κ2) is 5.37. The van der Waals surface area contributed by atoms with Crippen LogP contribution in [0.4, 0.5) is 13.2 Å². The second-order valence-corrected chi connectivity index (χ2v) is 4.42. The van der Waals surface area contributed by atoms with Crippen molar-refractivity contribution in [1.29, 1.82) is 0 Å². The molecule has 0 aliphatic carbocycles. The quantitative estimate of drug-likeness (QED) is 0.943. The highest BCUT2D eigenvalue weighted by Gasteiger charge is 2.23. The molecule has 0 aromatic carbocycles. The van der Waals surface area contributed by atoms with E-state index in [1.807, 2.05) is 0 Å². The lowest BCUT2D eigenvalue weighted by Crippen LogP contribution is -2.09. The van der Waals surface area contributed by atoms with Crippen molar-refractivity contribution in [3.8, 4) is 17.3 Å². The SMILES string of the molecule is Cn1nc(-c2[nH]c(=O)c(Cl)cc2F)c(Cl)c1OC(F)F. The van der Waals surface area contributed by atoms with Gasteiger partial charge in [-0.15, -0.1) is 0 Å². The first-order valence-electron chi connectivity index (χ1n) is 5.07. The minimum absolute atomic E-state index is 0.240. The predicted octanol–water partition coefficient (Wildman–Crippen LogP) is 2.82. The molecule has 0 unspecified atom stereocenters. The molecule has 108 valence electrons. The smallest absolute Gasteiger partial charge is 0.388 e. The summed E-state index contributed by atoms with van der Waals surface area (Å²) in [6, 6.07) is 0.772. The largest absolute Gasteiger partial charge is 0.416 e. The summed E-state index contributed by atoms with van der Waals surface area (Å²) in [4.78, 5) is 13.5. The van der Waals surface area contributed by atoms with Crippen LogP contribution in [0, 0.1) is 5.82 Å². The van der Waals surface area contributed by atoms with Gasteiger partial charge in [0.15, 0.2) is 5.82 Å². The van der Waals surface area contributed by atoms with Crippen LogP contribution in [0.3, 0.4) is 0 Å². The normalized spacial score (nSPS) is 11.2. The molecule has 2 heterocycles. The van der Waals surface area contributed by atoms with Gasteiger partial charge in [-0.1, -0.05) is 23.2 Å². The third kappa shape index (κ3) is 2.61. The van der Waals surface area contributed by atoms with Crippen LogP contribution in [-0.4, -0.2) is 21.4 Å². The van der Waals surface area contributed by atoms with E-state index in [1.54, 1.807) is 0 Å². The van der Waals surface area contributed by atoms with Crippen LogP contribution in [-0.2, 0) is 7.05 Å². The summed E-state index contributed by atoms with van der Waals surface area (Å²) >= 11 is 11.3. The highest BCUT2D eigenvalue weighted by molar-refractivity contribution is 6.34. The molecule has 10 heteroatoms. The third-order valence-electron chi connectivity index (χ3n) is 2.32. The van der Waals surface area contributed by atoms with Gasteiger partial charge >= 0.3 is 6.61 Å². The molecule has 0 amide bonds. The van der Waals surface area contributed by atoms with Crippen LogP contribution in [0.1, 0.15) is 0 Å². The average molecular weight is 328 g/mol.